The van der Waals surface area contributed by atoms with Crippen LogP contribution in [0.25, 0.3) is 0 Å². The molecule has 1 atom stereocenters. The summed E-state index contributed by atoms with van der Waals surface area (Å²) in [6, 6.07) is -0.708. The summed E-state index contributed by atoms with van der Waals surface area (Å²) in [6.45, 7) is 4.28. The maximum Gasteiger partial charge on any atom is 0.326 e. The van der Waals surface area contributed by atoms with Crippen molar-refractivity contribution in [2.45, 2.75) is 45.2 Å². The predicted molar refractivity (Wildman–Crippen MR) is 55.6 cm³/mol. The molecule has 0 spiro atoms. The van der Waals surface area contributed by atoms with E-state index in [0.717, 1.165) is 12.8 Å². The zero-order chi connectivity index (χ0) is 11.4. The summed E-state index contributed by atoms with van der Waals surface area (Å²) in [5.41, 5.74) is 0. The third-order valence-corrected chi connectivity index (χ3v) is 2.59. The summed E-state index contributed by atoms with van der Waals surface area (Å²) < 4.78 is 0. The summed E-state index contributed by atoms with van der Waals surface area (Å²) in [7, 11) is 0. The monoisotopic (exact) mass is 214 g/mol. The van der Waals surface area contributed by atoms with E-state index in [0.29, 0.717) is 19.0 Å². The summed E-state index contributed by atoms with van der Waals surface area (Å²) in [4.78, 5) is 24.1. The van der Waals surface area contributed by atoms with Crippen LogP contribution < -0.4 is 5.32 Å². The van der Waals surface area contributed by atoms with E-state index in [1.807, 2.05) is 6.92 Å². The molecule has 1 aliphatic carbocycles. The summed E-state index contributed by atoms with van der Waals surface area (Å²) in [6.07, 6.45) is 2.47. The highest BCUT2D eigenvalue weighted by Gasteiger charge is 2.32. The van der Waals surface area contributed by atoms with Crippen molar-refractivity contribution in [3.05, 3.63) is 0 Å². The van der Waals surface area contributed by atoms with Crippen LogP contribution >= 0.6 is 0 Å². The van der Waals surface area contributed by atoms with Gasteiger partial charge in [0.1, 0.15) is 6.04 Å². The van der Waals surface area contributed by atoms with E-state index in [-0.39, 0.29) is 6.03 Å². The second kappa shape index (κ2) is 5.00. The highest BCUT2D eigenvalue weighted by molar-refractivity contribution is 5.82. The van der Waals surface area contributed by atoms with E-state index in [1.54, 1.807) is 11.8 Å². The van der Waals surface area contributed by atoms with E-state index < -0.39 is 12.0 Å². The van der Waals surface area contributed by atoms with Gasteiger partial charge in [0.05, 0.1) is 0 Å². The number of carbonyl (C=O) groups excluding carboxylic acids is 1. The number of aliphatic carboxylic acids is 1. The van der Waals surface area contributed by atoms with Crippen molar-refractivity contribution in [3.8, 4) is 0 Å². The van der Waals surface area contributed by atoms with Crippen molar-refractivity contribution < 1.29 is 14.7 Å². The third-order valence-electron chi connectivity index (χ3n) is 2.59. The number of hydrogen-bond acceptors (Lipinski definition) is 2. The minimum Gasteiger partial charge on any atom is -0.480 e. The number of nitrogens with zero attached hydrogens (tertiary/aromatic N) is 1. The molecule has 0 aromatic heterocycles. The molecule has 1 aliphatic rings. The van der Waals surface area contributed by atoms with Crippen molar-refractivity contribution in [2.24, 2.45) is 0 Å². The van der Waals surface area contributed by atoms with Gasteiger partial charge in [0.15, 0.2) is 0 Å². The lowest BCUT2D eigenvalue weighted by atomic mass is 10.2. The molecule has 0 aliphatic heterocycles. The smallest absolute Gasteiger partial charge is 0.326 e. The van der Waals surface area contributed by atoms with Gasteiger partial charge in [0.2, 0.25) is 0 Å². The molecule has 2 amide bonds. The molecule has 86 valence electrons. The normalized spacial score (nSPS) is 16.9. The van der Waals surface area contributed by atoms with Gasteiger partial charge in [-0.2, -0.15) is 0 Å². The summed E-state index contributed by atoms with van der Waals surface area (Å²) in [5, 5.41) is 11.3. The maximum atomic E-state index is 11.7. The van der Waals surface area contributed by atoms with Gasteiger partial charge in [-0.1, -0.05) is 6.92 Å². The number of carboxylic acids is 1. The molecule has 0 saturated heterocycles. The van der Waals surface area contributed by atoms with Gasteiger partial charge in [0, 0.05) is 12.6 Å². The number of rotatable bonds is 5. The molecule has 0 bridgehead atoms. The largest absolute Gasteiger partial charge is 0.480 e. The first kappa shape index (κ1) is 11.8. The molecule has 0 unspecified atom stereocenters. The molecule has 15 heavy (non-hydrogen) atoms. The Morgan fingerprint density at radius 3 is 2.40 bits per heavy atom. The molecule has 1 saturated carbocycles. The SMILES string of the molecule is CC[C@H](NC(=O)N(CC)C1CC1)C(=O)O. The lowest BCUT2D eigenvalue weighted by Gasteiger charge is -2.23. The Morgan fingerprint density at radius 2 is 2.07 bits per heavy atom. The second-order valence-electron chi connectivity index (χ2n) is 3.77. The van der Waals surface area contributed by atoms with Crippen molar-refractivity contribution in [2.75, 3.05) is 6.54 Å². The van der Waals surface area contributed by atoms with Crippen LogP contribution in [0.5, 0.6) is 0 Å². The van der Waals surface area contributed by atoms with Crippen LogP contribution in [0.2, 0.25) is 0 Å². The number of carboxylic acid groups (broad SMARTS) is 1. The molecular formula is C10H18N2O3. The minimum atomic E-state index is -0.974. The van der Waals surface area contributed by atoms with E-state index in [1.165, 1.54) is 0 Å². The molecule has 5 nitrogen and oxygen atoms in total. The van der Waals surface area contributed by atoms with Gasteiger partial charge in [0.25, 0.3) is 0 Å². The Balaban J connectivity index is 2.48. The highest BCUT2D eigenvalue weighted by atomic mass is 16.4. The molecule has 0 aromatic rings. The van der Waals surface area contributed by atoms with Crippen LogP contribution in [-0.4, -0.2) is 40.6 Å². The van der Waals surface area contributed by atoms with Crippen LogP contribution in [0.1, 0.15) is 33.1 Å². The number of carbonyl (C=O) groups is 2. The van der Waals surface area contributed by atoms with Gasteiger partial charge in [-0.3, -0.25) is 0 Å². The fourth-order valence-electron chi connectivity index (χ4n) is 1.52. The van der Waals surface area contributed by atoms with Crippen molar-refractivity contribution in [1.82, 2.24) is 10.2 Å². The van der Waals surface area contributed by atoms with Crippen molar-refractivity contribution in [3.63, 3.8) is 0 Å². The quantitative estimate of drug-likeness (QED) is 0.718. The number of nitrogens with one attached hydrogen (secondary N) is 1. The average Bonchev–Trinajstić information content (AvgIpc) is 2.99. The van der Waals surface area contributed by atoms with Gasteiger partial charge < -0.3 is 15.3 Å². The predicted octanol–water partition coefficient (Wildman–Crippen LogP) is 1.04. The molecule has 0 aromatic carbocycles. The minimum absolute atomic E-state index is 0.255. The van der Waals surface area contributed by atoms with E-state index in [9.17, 15) is 9.59 Å². The number of amides is 2. The van der Waals surface area contributed by atoms with Gasteiger partial charge in [-0.05, 0) is 26.2 Å². The van der Waals surface area contributed by atoms with Crippen molar-refractivity contribution >= 4 is 12.0 Å². The molecule has 2 N–H and O–H groups in total. The van der Waals surface area contributed by atoms with Crippen molar-refractivity contribution in [1.29, 1.82) is 0 Å². The molecule has 1 fully saturated rings. The van der Waals surface area contributed by atoms with Crippen LogP contribution in [-0.2, 0) is 4.79 Å². The van der Waals surface area contributed by atoms with Gasteiger partial charge in [-0.15, -0.1) is 0 Å². The molecule has 0 heterocycles. The van der Waals surface area contributed by atoms with Gasteiger partial charge >= 0.3 is 12.0 Å². The highest BCUT2D eigenvalue weighted by Crippen LogP contribution is 2.26. The zero-order valence-electron chi connectivity index (χ0n) is 9.19. The lowest BCUT2D eigenvalue weighted by Crippen LogP contribution is -2.48. The molecule has 0 radical (unpaired) electrons. The van der Waals surface area contributed by atoms with Crippen LogP contribution in [0, 0.1) is 0 Å². The second-order valence-corrected chi connectivity index (χ2v) is 3.77. The first-order valence-corrected chi connectivity index (χ1v) is 5.40. The van der Waals surface area contributed by atoms with E-state index in [4.69, 9.17) is 5.11 Å². The third kappa shape index (κ3) is 3.11. The van der Waals surface area contributed by atoms with Gasteiger partial charge in [-0.25, -0.2) is 9.59 Å². The Bertz CT molecular complexity index is 251. The molecular weight excluding hydrogens is 196 g/mol. The Kier molecular flexibility index (Phi) is 3.94. The first-order chi connectivity index (χ1) is 7.10. The molecule has 5 heteroatoms. The van der Waals surface area contributed by atoms with Crippen LogP contribution in [0.3, 0.4) is 0 Å². The standard InChI is InChI=1S/C10H18N2O3/c1-3-8(9(13)14)11-10(15)12(4-2)7-5-6-7/h7-8H,3-6H2,1-2H3,(H,11,15)(H,13,14)/t8-/m0/s1. The van der Waals surface area contributed by atoms with E-state index in [2.05, 4.69) is 5.32 Å². The zero-order valence-corrected chi connectivity index (χ0v) is 9.19. The molecule has 1 rings (SSSR count). The summed E-state index contributed by atoms with van der Waals surface area (Å²) in [5.74, 6) is -0.974. The number of hydrogen-bond donors (Lipinski definition) is 2. The Labute approximate surface area is 89.4 Å². The Hall–Kier alpha value is -1.26. The van der Waals surface area contributed by atoms with E-state index >= 15 is 0 Å². The average molecular weight is 214 g/mol. The fourth-order valence-corrected chi connectivity index (χ4v) is 1.52. The van der Waals surface area contributed by atoms with Crippen LogP contribution in [0.4, 0.5) is 4.79 Å². The lowest BCUT2D eigenvalue weighted by molar-refractivity contribution is -0.139. The topological polar surface area (TPSA) is 69.6 Å². The maximum absolute atomic E-state index is 11.7. The Morgan fingerprint density at radius 1 is 1.47 bits per heavy atom. The fraction of sp³-hybridized carbons (Fsp3) is 0.800. The van der Waals surface area contributed by atoms with Crippen LogP contribution in [0.15, 0.2) is 0 Å². The summed E-state index contributed by atoms with van der Waals surface area (Å²) >= 11 is 0. The number of urea groups is 1. The first-order valence-electron chi connectivity index (χ1n) is 5.40.